The molecular formula is C54H32N6. The van der Waals surface area contributed by atoms with Gasteiger partial charge < -0.3 is 0 Å². The van der Waals surface area contributed by atoms with Crippen LogP contribution in [0.5, 0.6) is 0 Å². The number of nitrogens with zero attached hydrogens (tertiary/aromatic N) is 6. The zero-order chi connectivity index (χ0) is 40.0. The fraction of sp³-hybridized carbons (Fsp3) is 0. The summed E-state index contributed by atoms with van der Waals surface area (Å²) in [6.07, 6.45) is 3.70. The molecule has 6 heteroatoms. The maximum atomic E-state index is 7.60. The van der Waals surface area contributed by atoms with Crippen molar-refractivity contribution in [2.45, 2.75) is 0 Å². The minimum Gasteiger partial charge on any atom is -0.256 e. The largest absolute Gasteiger partial charge is 0.256 e. The molecule has 0 spiro atoms. The molecule has 11 rings (SSSR count). The third-order valence-corrected chi connectivity index (χ3v) is 11.2. The molecule has 6 nitrogen and oxygen atoms in total. The van der Waals surface area contributed by atoms with Crippen LogP contribution in [0.1, 0.15) is 0 Å². The molecule has 0 saturated heterocycles. The van der Waals surface area contributed by atoms with E-state index in [0.717, 1.165) is 93.4 Å². The molecule has 0 aliphatic rings. The Morgan fingerprint density at radius 2 is 0.800 bits per heavy atom. The van der Waals surface area contributed by atoms with E-state index in [4.69, 9.17) is 31.5 Å². The van der Waals surface area contributed by atoms with Gasteiger partial charge in [0, 0.05) is 51.0 Å². The molecule has 3 aromatic heterocycles. The van der Waals surface area contributed by atoms with Gasteiger partial charge in [0.05, 0.1) is 17.6 Å². The Labute approximate surface area is 346 Å². The third-order valence-electron chi connectivity index (χ3n) is 11.2. The van der Waals surface area contributed by atoms with Gasteiger partial charge in [-0.2, -0.15) is 0 Å². The first-order valence-electron chi connectivity index (χ1n) is 19.8. The number of aromatic nitrogens is 5. The highest BCUT2D eigenvalue weighted by Gasteiger charge is 2.17. The molecule has 278 valence electrons. The van der Waals surface area contributed by atoms with Gasteiger partial charge in [0.25, 0.3) is 0 Å². The van der Waals surface area contributed by atoms with Gasteiger partial charge in [-0.3, -0.25) is 9.97 Å². The number of benzene rings is 8. The summed E-state index contributed by atoms with van der Waals surface area (Å²) in [5.74, 6) is 1.90. The minimum atomic E-state index is 0.602. The van der Waals surface area contributed by atoms with Crippen molar-refractivity contribution >= 4 is 49.0 Å². The van der Waals surface area contributed by atoms with Crippen molar-refractivity contribution in [3.8, 4) is 67.5 Å². The molecular weight excluding hydrogens is 733 g/mol. The fourth-order valence-corrected chi connectivity index (χ4v) is 8.25. The molecule has 0 saturated carbocycles. The van der Waals surface area contributed by atoms with Crippen molar-refractivity contribution in [2.75, 3.05) is 0 Å². The van der Waals surface area contributed by atoms with Crippen LogP contribution in [-0.2, 0) is 0 Å². The topological polar surface area (TPSA) is 68.8 Å². The summed E-state index contributed by atoms with van der Waals surface area (Å²) in [6.45, 7) is 7.60. The molecule has 0 aliphatic carbocycles. The van der Waals surface area contributed by atoms with E-state index in [1.807, 2.05) is 103 Å². The average Bonchev–Trinajstić information content (AvgIpc) is 3.33. The predicted molar refractivity (Wildman–Crippen MR) is 244 cm³/mol. The smallest absolute Gasteiger partial charge is 0.187 e. The minimum absolute atomic E-state index is 0.602. The van der Waals surface area contributed by atoms with E-state index in [9.17, 15) is 0 Å². The second-order valence-electron chi connectivity index (χ2n) is 14.8. The van der Waals surface area contributed by atoms with Crippen LogP contribution in [0.25, 0.3) is 116 Å². The normalized spacial score (nSPS) is 11.3. The Morgan fingerprint density at radius 3 is 1.40 bits per heavy atom. The summed E-state index contributed by atoms with van der Waals surface area (Å²) >= 11 is 0. The summed E-state index contributed by atoms with van der Waals surface area (Å²) in [7, 11) is 0. The molecule has 0 bridgehead atoms. The van der Waals surface area contributed by atoms with Gasteiger partial charge in [0.15, 0.2) is 23.2 Å². The average molecular weight is 765 g/mol. The molecule has 60 heavy (non-hydrogen) atoms. The van der Waals surface area contributed by atoms with Crippen LogP contribution in [0.2, 0.25) is 0 Å². The summed E-state index contributed by atoms with van der Waals surface area (Å²) in [5.41, 5.74) is 11.5. The number of pyridine rings is 2. The molecule has 0 fully saturated rings. The lowest BCUT2D eigenvalue weighted by molar-refractivity contribution is 1.07. The zero-order valence-electron chi connectivity index (χ0n) is 32.2. The van der Waals surface area contributed by atoms with Gasteiger partial charge in [-0.25, -0.2) is 19.8 Å². The van der Waals surface area contributed by atoms with Gasteiger partial charge in [0.1, 0.15) is 0 Å². The molecule has 0 unspecified atom stereocenters. The van der Waals surface area contributed by atoms with Crippen LogP contribution in [-0.4, -0.2) is 24.9 Å². The molecule has 8 aromatic carbocycles. The number of hydrogen-bond donors (Lipinski definition) is 0. The second-order valence-corrected chi connectivity index (χ2v) is 14.8. The third kappa shape index (κ3) is 6.19. The maximum absolute atomic E-state index is 7.60. The Morgan fingerprint density at radius 1 is 0.333 bits per heavy atom. The lowest BCUT2D eigenvalue weighted by atomic mass is 9.90. The Hall–Kier alpha value is -8.40. The van der Waals surface area contributed by atoms with E-state index >= 15 is 0 Å². The highest BCUT2D eigenvalue weighted by molar-refractivity contribution is 6.22. The Kier molecular flexibility index (Phi) is 8.42. The van der Waals surface area contributed by atoms with Crippen molar-refractivity contribution in [3.63, 3.8) is 0 Å². The molecule has 11 aromatic rings. The van der Waals surface area contributed by atoms with E-state index in [2.05, 4.69) is 95.8 Å². The molecule has 0 aliphatic heterocycles. The molecule has 0 atom stereocenters. The Balaban J connectivity index is 0.995. The van der Waals surface area contributed by atoms with Gasteiger partial charge >= 0.3 is 0 Å². The standard InChI is InChI=1S/C54H32N6/c1-55-43-19-9-17-40(31-43)46-32-48-45-21-11-27-57-51(45)47(33-49(48)44-20-10-26-56-50(44)46)41-25-24-38-28-37(22-23-39(38)29-41)36-16-8-18-42(30-36)54-59-52(34-12-4-2-5-13-34)58-53(60-54)35-14-6-3-7-15-35/h2-33H. The number of hydrogen-bond acceptors (Lipinski definition) is 5. The van der Waals surface area contributed by atoms with Crippen molar-refractivity contribution in [1.29, 1.82) is 0 Å². The fourth-order valence-electron chi connectivity index (χ4n) is 8.25. The van der Waals surface area contributed by atoms with Crippen LogP contribution < -0.4 is 0 Å². The zero-order valence-corrected chi connectivity index (χ0v) is 32.2. The van der Waals surface area contributed by atoms with Crippen molar-refractivity contribution in [3.05, 3.63) is 206 Å². The van der Waals surface area contributed by atoms with E-state index in [1.165, 1.54) is 0 Å². The Bertz CT molecular complexity index is 3440. The molecule has 0 N–H and O–H groups in total. The summed E-state index contributed by atoms with van der Waals surface area (Å²) in [4.78, 5) is 28.3. The maximum Gasteiger partial charge on any atom is 0.187 e. The van der Waals surface area contributed by atoms with E-state index in [-0.39, 0.29) is 0 Å². The number of rotatable bonds is 6. The first-order chi connectivity index (χ1) is 29.7. The highest BCUT2D eigenvalue weighted by Crippen LogP contribution is 2.42. The van der Waals surface area contributed by atoms with Crippen LogP contribution in [0.3, 0.4) is 0 Å². The van der Waals surface area contributed by atoms with Gasteiger partial charge in [-0.1, -0.05) is 133 Å². The van der Waals surface area contributed by atoms with Crippen LogP contribution in [0, 0.1) is 6.57 Å². The summed E-state index contributed by atoms with van der Waals surface area (Å²) in [6, 6.07) is 62.3. The highest BCUT2D eigenvalue weighted by atomic mass is 15.0. The van der Waals surface area contributed by atoms with Gasteiger partial charge in [-0.15, -0.1) is 0 Å². The summed E-state index contributed by atoms with van der Waals surface area (Å²) in [5, 5.41) is 6.61. The first-order valence-corrected chi connectivity index (χ1v) is 19.8. The van der Waals surface area contributed by atoms with E-state index < -0.39 is 0 Å². The number of fused-ring (bicyclic) bond motifs is 6. The van der Waals surface area contributed by atoms with Crippen molar-refractivity contribution in [2.24, 2.45) is 0 Å². The van der Waals surface area contributed by atoms with Crippen molar-refractivity contribution < 1.29 is 0 Å². The SMILES string of the molecule is [C-]#[N+]c1cccc(-c2cc3c4cccnc4c(-c4ccc5cc(-c6cccc(-c7nc(-c8ccccc8)nc(-c8ccccc8)n7)c6)ccc5c4)cc3c3cccnc23)c1. The monoisotopic (exact) mass is 764 g/mol. The second kappa shape index (κ2) is 14.5. The lowest BCUT2D eigenvalue weighted by Gasteiger charge is -2.15. The van der Waals surface area contributed by atoms with E-state index in [0.29, 0.717) is 23.2 Å². The first kappa shape index (κ1) is 34.8. The van der Waals surface area contributed by atoms with Gasteiger partial charge in [-0.05, 0) is 92.3 Å². The molecule has 0 amide bonds. The van der Waals surface area contributed by atoms with Crippen LogP contribution in [0.15, 0.2) is 194 Å². The summed E-state index contributed by atoms with van der Waals surface area (Å²) < 4.78 is 0. The van der Waals surface area contributed by atoms with Gasteiger partial charge in [0.2, 0.25) is 0 Å². The predicted octanol–water partition coefficient (Wildman–Crippen LogP) is 13.8. The molecule has 0 radical (unpaired) electrons. The van der Waals surface area contributed by atoms with E-state index in [1.54, 1.807) is 0 Å². The lowest BCUT2D eigenvalue weighted by Crippen LogP contribution is -2.00. The van der Waals surface area contributed by atoms with Crippen molar-refractivity contribution in [1.82, 2.24) is 24.9 Å². The molecule has 3 heterocycles. The van der Waals surface area contributed by atoms with Crippen LogP contribution in [0.4, 0.5) is 5.69 Å². The van der Waals surface area contributed by atoms with Crippen LogP contribution >= 0.6 is 0 Å². The quantitative estimate of drug-likeness (QED) is 0.125.